The van der Waals surface area contributed by atoms with Crippen molar-refractivity contribution in [2.45, 2.75) is 6.61 Å². The summed E-state index contributed by atoms with van der Waals surface area (Å²) in [6.07, 6.45) is 7.52. The van der Waals surface area contributed by atoms with Crippen molar-refractivity contribution in [3.63, 3.8) is 0 Å². The van der Waals surface area contributed by atoms with E-state index < -0.39 is 0 Å². The number of nitrogens with one attached hydrogen (secondary N) is 1. The second kappa shape index (κ2) is 4.38. The van der Waals surface area contributed by atoms with Crippen LogP contribution in [0.4, 0.5) is 0 Å². The minimum absolute atomic E-state index is 0.430. The standard InChI is InChI=1S/C15H12N4O/c1-2-6-19-9-12(18-14(19)3-1)10-20-13-7-11-4-5-16-15(11)17-8-13/h1-9H,10H2,(H,16,17). The van der Waals surface area contributed by atoms with Crippen molar-refractivity contribution in [3.8, 4) is 5.75 Å². The van der Waals surface area contributed by atoms with Gasteiger partial charge in [0.15, 0.2) is 0 Å². The van der Waals surface area contributed by atoms with Crippen LogP contribution in [0.25, 0.3) is 16.7 Å². The van der Waals surface area contributed by atoms with Crippen LogP contribution >= 0.6 is 0 Å². The van der Waals surface area contributed by atoms with Crippen molar-refractivity contribution in [1.82, 2.24) is 19.4 Å². The predicted molar refractivity (Wildman–Crippen MR) is 75.6 cm³/mol. The zero-order valence-electron chi connectivity index (χ0n) is 10.7. The van der Waals surface area contributed by atoms with Crippen molar-refractivity contribution in [2.24, 2.45) is 0 Å². The van der Waals surface area contributed by atoms with Gasteiger partial charge in [0, 0.05) is 24.0 Å². The summed E-state index contributed by atoms with van der Waals surface area (Å²) < 4.78 is 7.73. The summed E-state index contributed by atoms with van der Waals surface area (Å²) >= 11 is 0. The lowest BCUT2D eigenvalue weighted by Gasteiger charge is -2.03. The van der Waals surface area contributed by atoms with Crippen LogP contribution in [0.1, 0.15) is 5.69 Å². The SMILES string of the molecule is c1ccn2cc(COc3cnc4[nH]ccc4c3)nc2c1. The Labute approximate surface area is 114 Å². The van der Waals surface area contributed by atoms with Crippen LogP contribution in [0.5, 0.6) is 5.75 Å². The summed E-state index contributed by atoms with van der Waals surface area (Å²) in [4.78, 5) is 11.8. The molecule has 0 amide bonds. The molecule has 0 radical (unpaired) electrons. The summed E-state index contributed by atoms with van der Waals surface area (Å²) in [5, 5.41) is 1.04. The Hall–Kier alpha value is -2.82. The number of fused-ring (bicyclic) bond motifs is 2. The Balaban J connectivity index is 1.56. The molecule has 0 spiro atoms. The van der Waals surface area contributed by atoms with Gasteiger partial charge in [-0.3, -0.25) is 0 Å². The maximum atomic E-state index is 5.75. The molecule has 0 saturated heterocycles. The topological polar surface area (TPSA) is 55.2 Å². The lowest BCUT2D eigenvalue weighted by atomic mass is 10.3. The molecule has 0 aliphatic carbocycles. The molecule has 4 rings (SSSR count). The fraction of sp³-hybridized carbons (Fsp3) is 0.0667. The summed E-state index contributed by atoms with van der Waals surface area (Å²) in [5.41, 5.74) is 2.68. The quantitative estimate of drug-likeness (QED) is 0.619. The summed E-state index contributed by atoms with van der Waals surface area (Å²) in [6, 6.07) is 9.85. The van der Waals surface area contributed by atoms with E-state index in [0.29, 0.717) is 6.61 Å². The molecule has 0 atom stereocenters. The molecule has 0 saturated carbocycles. The van der Waals surface area contributed by atoms with Crippen LogP contribution in [-0.4, -0.2) is 19.4 Å². The third-order valence-corrected chi connectivity index (χ3v) is 3.18. The van der Waals surface area contributed by atoms with Crippen molar-refractivity contribution in [1.29, 1.82) is 0 Å². The first-order valence-electron chi connectivity index (χ1n) is 6.37. The smallest absolute Gasteiger partial charge is 0.138 e. The molecule has 0 fully saturated rings. The Morgan fingerprint density at radius 1 is 1.25 bits per heavy atom. The Morgan fingerprint density at radius 3 is 3.20 bits per heavy atom. The number of pyridine rings is 2. The molecule has 4 aromatic heterocycles. The molecule has 4 heterocycles. The molecule has 0 aliphatic rings. The van der Waals surface area contributed by atoms with Gasteiger partial charge >= 0.3 is 0 Å². The lowest BCUT2D eigenvalue weighted by molar-refractivity contribution is 0.301. The summed E-state index contributed by atoms with van der Waals surface area (Å²) in [7, 11) is 0. The van der Waals surface area contributed by atoms with Gasteiger partial charge in [0.2, 0.25) is 0 Å². The van der Waals surface area contributed by atoms with Gasteiger partial charge in [0.1, 0.15) is 23.7 Å². The molecule has 1 N–H and O–H groups in total. The molecular formula is C15H12N4O. The summed E-state index contributed by atoms with van der Waals surface area (Å²) in [5.74, 6) is 0.745. The van der Waals surface area contributed by atoms with Gasteiger partial charge in [-0.05, 0) is 24.3 Å². The number of aromatic nitrogens is 4. The van der Waals surface area contributed by atoms with Crippen molar-refractivity contribution in [2.75, 3.05) is 0 Å². The zero-order chi connectivity index (χ0) is 13.4. The van der Waals surface area contributed by atoms with E-state index in [-0.39, 0.29) is 0 Å². The number of hydrogen-bond donors (Lipinski definition) is 1. The highest BCUT2D eigenvalue weighted by Crippen LogP contribution is 2.18. The average molecular weight is 264 g/mol. The van der Waals surface area contributed by atoms with E-state index in [2.05, 4.69) is 15.0 Å². The summed E-state index contributed by atoms with van der Waals surface area (Å²) in [6.45, 7) is 0.430. The lowest BCUT2D eigenvalue weighted by Crippen LogP contribution is -1.96. The Kier molecular flexibility index (Phi) is 2.42. The van der Waals surface area contributed by atoms with Gasteiger partial charge in [-0.1, -0.05) is 6.07 Å². The second-order valence-electron chi connectivity index (χ2n) is 4.57. The van der Waals surface area contributed by atoms with Crippen LogP contribution in [0.2, 0.25) is 0 Å². The first-order valence-corrected chi connectivity index (χ1v) is 6.37. The molecule has 5 nitrogen and oxygen atoms in total. The predicted octanol–water partition coefficient (Wildman–Crippen LogP) is 2.79. The third-order valence-electron chi connectivity index (χ3n) is 3.18. The van der Waals surface area contributed by atoms with Gasteiger partial charge in [0.05, 0.1) is 11.9 Å². The highest BCUT2D eigenvalue weighted by Gasteiger charge is 2.03. The van der Waals surface area contributed by atoms with Crippen LogP contribution in [0.3, 0.4) is 0 Å². The van der Waals surface area contributed by atoms with Crippen LogP contribution in [0.15, 0.2) is 55.1 Å². The Bertz CT molecular complexity index is 842. The minimum atomic E-state index is 0.430. The van der Waals surface area contributed by atoms with E-state index in [9.17, 15) is 0 Å². The highest BCUT2D eigenvalue weighted by atomic mass is 16.5. The molecule has 0 unspecified atom stereocenters. The molecule has 98 valence electrons. The first-order chi connectivity index (χ1) is 9.88. The number of hydrogen-bond acceptors (Lipinski definition) is 3. The van der Waals surface area contributed by atoms with Gasteiger partial charge in [0.25, 0.3) is 0 Å². The van der Waals surface area contributed by atoms with E-state index in [1.165, 1.54) is 0 Å². The van der Waals surface area contributed by atoms with E-state index in [0.717, 1.165) is 28.1 Å². The number of ether oxygens (including phenoxy) is 1. The average Bonchev–Trinajstić information content (AvgIpc) is 3.10. The third kappa shape index (κ3) is 1.89. The molecule has 20 heavy (non-hydrogen) atoms. The van der Waals surface area contributed by atoms with E-state index in [1.807, 2.05) is 53.3 Å². The number of nitrogens with zero attached hydrogens (tertiary/aromatic N) is 3. The van der Waals surface area contributed by atoms with E-state index >= 15 is 0 Å². The molecule has 5 heteroatoms. The monoisotopic (exact) mass is 264 g/mol. The fourth-order valence-corrected chi connectivity index (χ4v) is 2.21. The van der Waals surface area contributed by atoms with E-state index in [4.69, 9.17) is 4.74 Å². The fourth-order valence-electron chi connectivity index (χ4n) is 2.21. The Morgan fingerprint density at radius 2 is 2.25 bits per heavy atom. The largest absolute Gasteiger partial charge is 0.486 e. The van der Waals surface area contributed by atoms with Gasteiger partial charge in [-0.15, -0.1) is 0 Å². The number of rotatable bonds is 3. The van der Waals surface area contributed by atoms with Crippen LogP contribution < -0.4 is 4.74 Å². The minimum Gasteiger partial charge on any atom is -0.486 e. The number of H-pyrrole nitrogens is 1. The molecule has 4 aromatic rings. The van der Waals surface area contributed by atoms with Crippen molar-refractivity contribution >= 4 is 16.7 Å². The number of aromatic amines is 1. The van der Waals surface area contributed by atoms with Crippen molar-refractivity contribution in [3.05, 3.63) is 60.8 Å². The van der Waals surface area contributed by atoms with Crippen LogP contribution in [-0.2, 0) is 6.61 Å². The maximum absolute atomic E-state index is 5.75. The maximum Gasteiger partial charge on any atom is 0.138 e. The normalized spacial score (nSPS) is 11.2. The molecular weight excluding hydrogens is 252 g/mol. The van der Waals surface area contributed by atoms with Crippen molar-refractivity contribution < 1.29 is 4.74 Å². The molecule has 0 aromatic carbocycles. The second-order valence-corrected chi connectivity index (χ2v) is 4.57. The number of imidazole rings is 1. The van der Waals surface area contributed by atoms with E-state index in [1.54, 1.807) is 6.20 Å². The molecule has 0 bridgehead atoms. The van der Waals surface area contributed by atoms with Gasteiger partial charge in [-0.25, -0.2) is 9.97 Å². The molecule has 0 aliphatic heterocycles. The van der Waals surface area contributed by atoms with Gasteiger partial charge in [-0.2, -0.15) is 0 Å². The first kappa shape index (κ1) is 11.0. The zero-order valence-corrected chi connectivity index (χ0v) is 10.7. The van der Waals surface area contributed by atoms with Crippen LogP contribution in [0, 0.1) is 0 Å². The van der Waals surface area contributed by atoms with Gasteiger partial charge < -0.3 is 14.1 Å². The highest BCUT2D eigenvalue weighted by molar-refractivity contribution is 5.76.